The highest BCUT2D eigenvalue weighted by molar-refractivity contribution is 5.62. The van der Waals surface area contributed by atoms with Gasteiger partial charge >= 0.3 is 0 Å². The van der Waals surface area contributed by atoms with Crippen LogP contribution in [0.15, 0.2) is 24.3 Å². The molecule has 2 rings (SSSR count). The minimum atomic E-state index is 0.271. The number of nitrogens with one attached hydrogen (secondary N) is 1. The normalized spacial score (nSPS) is 12.7. The zero-order chi connectivity index (χ0) is 13.1. The number of aromatic amines is 1. The number of hydrogen-bond acceptors (Lipinski definition) is 2. The van der Waals surface area contributed by atoms with Crippen molar-refractivity contribution in [1.82, 2.24) is 9.97 Å². The van der Waals surface area contributed by atoms with Gasteiger partial charge in [0.25, 0.3) is 0 Å². The summed E-state index contributed by atoms with van der Waals surface area (Å²) in [6, 6.07) is 8.60. The highest BCUT2D eigenvalue weighted by atomic mass is 14.9. The van der Waals surface area contributed by atoms with E-state index in [4.69, 9.17) is 5.73 Å². The summed E-state index contributed by atoms with van der Waals surface area (Å²) in [5.74, 6) is 1.25. The van der Waals surface area contributed by atoms with Crippen molar-refractivity contribution in [1.29, 1.82) is 0 Å². The zero-order valence-electron chi connectivity index (χ0n) is 11.3. The number of H-pyrrole nitrogens is 1. The molecule has 3 nitrogen and oxygen atoms in total. The Bertz CT molecular complexity index is 511. The van der Waals surface area contributed by atoms with Gasteiger partial charge in [-0.15, -0.1) is 0 Å². The van der Waals surface area contributed by atoms with E-state index in [1.165, 1.54) is 5.56 Å². The summed E-state index contributed by atoms with van der Waals surface area (Å²) in [5, 5.41) is 0. The van der Waals surface area contributed by atoms with Crippen LogP contribution in [0.5, 0.6) is 0 Å². The predicted octanol–water partition coefficient (Wildman–Crippen LogP) is 3.01. The number of rotatable bonds is 4. The quantitative estimate of drug-likeness (QED) is 0.867. The minimum absolute atomic E-state index is 0.271. The van der Waals surface area contributed by atoms with Crippen molar-refractivity contribution in [2.75, 3.05) is 6.54 Å². The molecule has 0 radical (unpaired) electrons. The van der Waals surface area contributed by atoms with E-state index in [1.807, 2.05) is 0 Å². The minimum Gasteiger partial charge on any atom is -0.345 e. The van der Waals surface area contributed by atoms with E-state index in [-0.39, 0.29) is 5.92 Å². The average molecular weight is 243 g/mol. The molecule has 96 valence electrons. The first-order chi connectivity index (χ1) is 8.65. The van der Waals surface area contributed by atoms with Crippen LogP contribution in [0.3, 0.4) is 0 Å². The fraction of sp³-hybridized carbons (Fsp3) is 0.400. The summed E-state index contributed by atoms with van der Waals surface area (Å²) in [6.07, 6.45) is 1.06. The molecule has 0 saturated carbocycles. The molecule has 1 atom stereocenters. The van der Waals surface area contributed by atoms with E-state index in [9.17, 15) is 0 Å². The SMILES string of the molecule is CCc1ccc(-c2nc(C(C)CN)[nH]c2C)cc1. The summed E-state index contributed by atoms with van der Waals surface area (Å²) in [4.78, 5) is 8.00. The third-order valence-corrected chi connectivity index (χ3v) is 3.36. The molecule has 0 aliphatic rings. The first kappa shape index (κ1) is 12.8. The topological polar surface area (TPSA) is 54.7 Å². The number of aryl methyl sites for hydroxylation is 2. The molecule has 0 fully saturated rings. The molecule has 1 aromatic heterocycles. The van der Waals surface area contributed by atoms with Crippen LogP contribution >= 0.6 is 0 Å². The summed E-state index contributed by atoms with van der Waals surface area (Å²) in [7, 11) is 0. The lowest BCUT2D eigenvalue weighted by molar-refractivity contribution is 0.723. The van der Waals surface area contributed by atoms with Crippen LogP contribution < -0.4 is 5.73 Å². The maximum atomic E-state index is 5.68. The maximum Gasteiger partial charge on any atom is 0.111 e. The van der Waals surface area contributed by atoms with E-state index < -0.39 is 0 Å². The van der Waals surface area contributed by atoms with Gasteiger partial charge in [0.1, 0.15) is 5.82 Å². The fourth-order valence-corrected chi connectivity index (χ4v) is 2.01. The van der Waals surface area contributed by atoms with Crippen LogP contribution in [-0.4, -0.2) is 16.5 Å². The molecule has 3 N–H and O–H groups in total. The molecule has 1 unspecified atom stereocenters. The smallest absolute Gasteiger partial charge is 0.111 e. The number of aromatic nitrogens is 2. The van der Waals surface area contributed by atoms with Gasteiger partial charge in [0.05, 0.1) is 5.69 Å². The second-order valence-electron chi connectivity index (χ2n) is 4.78. The highest BCUT2D eigenvalue weighted by Crippen LogP contribution is 2.24. The Balaban J connectivity index is 2.34. The van der Waals surface area contributed by atoms with Crippen LogP contribution in [0.25, 0.3) is 11.3 Å². The van der Waals surface area contributed by atoms with Gasteiger partial charge in [-0.2, -0.15) is 0 Å². The van der Waals surface area contributed by atoms with E-state index in [1.54, 1.807) is 0 Å². The molecular formula is C15H21N3. The van der Waals surface area contributed by atoms with E-state index >= 15 is 0 Å². The van der Waals surface area contributed by atoms with Crippen molar-refractivity contribution in [2.24, 2.45) is 5.73 Å². The lowest BCUT2D eigenvalue weighted by Gasteiger charge is -2.03. The van der Waals surface area contributed by atoms with Crippen LogP contribution in [0.1, 0.15) is 36.8 Å². The van der Waals surface area contributed by atoms with Crippen molar-refractivity contribution in [3.05, 3.63) is 41.3 Å². The van der Waals surface area contributed by atoms with Gasteiger partial charge in [0, 0.05) is 23.7 Å². The number of hydrogen-bond donors (Lipinski definition) is 2. The highest BCUT2D eigenvalue weighted by Gasteiger charge is 2.12. The molecule has 0 bridgehead atoms. The van der Waals surface area contributed by atoms with E-state index in [0.29, 0.717) is 6.54 Å². The van der Waals surface area contributed by atoms with Crippen molar-refractivity contribution in [2.45, 2.75) is 33.1 Å². The van der Waals surface area contributed by atoms with Crippen molar-refractivity contribution in [3.63, 3.8) is 0 Å². The summed E-state index contributed by atoms with van der Waals surface area (Å²) >= 11 is 0. The maximum absolute atomic E-state index is 5.68. The van der Waals surface area contributed by atoms with Crippen LogP contribution in [0.4, 0.5) is 0 Å². The van der Waals surface area contributed by atoms with Crippen LogP contribution in [0.2, 0.25) is 0 Å². The first-order valence-electron chi connectivity index (χ1n) is 6.51. The molecule has 0 aliphatic carbocycles. The number of nitrogens with zero attached hydrogens (tertiary/aromatic N) is 1. The fourth-order valence-electron chi connectivity index (χ4n) is 2.01. The molecule has 0 spiro atoms. The van der Waals surface area contributed by atoms with Crippen molar-refractivity contribution < 1.29 is 0 Å². The largest absolute Gasteiger partial charge is 0.345 e. The average Bonchev–Trinajstić information content (AvgIpc) is 2.80. The lowest BCUT2D eigenvalue weighted by atomic mass is 10.1. The monoisotopic (exact) mass is 243 g/mol. The van der Waals surface area contributed by atoms with Gasteiger partial charge in [-0.3, -0.25) is 0 Å². The van der Waals surface area contributed by atoms with Gasteiger partial charge in [-0.05, 0) is 18.9 Å². The van der Waals surface area contributed by atoms with Gasteiger partial charge in [-0.1, -0.05) is 38.1 Å². The molecule has 0 saturated heterocycles. The molecule has 18 heavy (non-hydrogen) atoms. The molecular weight excluding hydrogens is 222 g/mol. The Morgan fingerprint density at radius 2 is 1.94 bits per heavy atom. The first-order valence-corrected chi connectivity index (χ1v) is 6.51. The Hall–Kier alpha value is -1.61. The van der Waals surface area contributed by atoms with Crippen LogP contribution in [-0.2, 0) is 6.42 Å². The summed E-state index contributed by atoms with van der Waals surface area (Å²) in [6.45, 7) is 6.92. The third kappa shape index (κ3) is 2.46. The summed E-state index contributed by atoms with van der Waals surface area (Å²) < 4.78 is 0. The number of benzene rings is 1. The molecule has 1 aromatic carbocycles. The molecule has 0 amide bonds. The van der Waals surface area contributed by atoms with Crippen molar-refractivity contribution >= 4 is 0 Å². The van der Waals surface area contributed by atoms with Gasteiger partial charge < -0.3 is 10.7 Å². The van der Waals surface area contributed by atoms with E-state index in [0.717, 1.165) is 29.2 Å². The van der Waals surface area contributed by atoms with Gasteiger partial charge in [0.15, 0.2) is 0 Å². The molecule has 3 heteroatoms. The number of imidazole rings is 1. The second kappa shape index (κ2) is 5.36. The number of nitrogens with two attached hydrogens (primary N) is 1. The lowest BCUT2D eigenvalue weighted by Crippen LogP contribution is -2.10. The van der Waals surface area contributed by atoms with Gasteiger partial charge in [0.2, 0.25) is 0 Å². The van der Waals surface area contributed by atoms with Crippen LogP contribution in [0, 0.1) is 6.92 Å². The second-order valence-corrected chi connectivity index (χ2v) is 4.78. The predicted molar refractivity (Wildman–Crippen MR) is 75.6 cm³/mol. The molecule has 0 aliphatic heterocycles. The third-order valence-electron chi connectivity index (χ3n) is 3.36. The van der Waals surface area contributed by atoms with Gasteiger partial charge in [-0.25, -0.2) is 4.98 Å². The van der Waals surface area contributed by atoms with E-state index in [2.05, 4.69) is 55.0 Å². The Morgan fingerprint density at radius 1 is 1.28 bits per heavy atom. The molecule has 1 heterocycles. The summed E-state index contributed by atoms with van der Waals surface area (Å²) in [5.41, 5.74) is 10.3. The standard InChI is InChI=1S/C15H21N3/c1-4-12-5-7-13(8-6-12)14-11(3)17-15(18-14)10(2)9-16/h5-8,10H,4,9,16H2,1-3H3,(H,17,18). The molecule has 2 aromatic rings. The van der Waals surface area contributed by atoms with Crippen molar-refractivity contribution in [3.8, 4) is 11.3 Å². The zero-order valence-corrected chi connectivity index (χ0v) is 11.3. The Kier molecular flexibility index (Phi) is 3.82. The Labute approximate surface area is 108 Å². The Morgan fingerprint density at radius 3 is 2.50 bits per heavy atom.